The summed E-state index contributed by atoms with van der Waals surface area (Å²) in [4.78, 5) is 0. The predicted molar refractivity (Wildman–Crippen MR) is 82.4 cm³/mol. The van der Waals surface area contributed by atoms with Crippen LogP contribution in [0, 0.1) is 12.3 Å². The van der Waals surface area contributed by atoms with Gasteiger partial charge in [-0.15, -0.1) is 0 Å². The van der Waals surface area contributed by atoms with E-state index >= 15 is 0 Å². The summed E-state index contributed by atoms with van der Waals surface area (Å²) in [5.41, 5.74) is 7.84. The second-order valence-electron chi connectivity index (χ2n) is 4.31. The Morgan fingerprint density at radius 3 is 2.80 bits per heavy atom. The van der Waals surface area contributed by atoms with Crippen molar-refractivity contribution in [3.05, 3.63) is 44.6 Å². The average molecular weight is 358 g/mol. The Hall–Kier alpha value is -1.53. The van der Waals surface area contributed by atoms with Gasteiger partial charge in [-0.3, -0.25) is 10.1 Å². The molecule has 106 valence electrons. The van der Waals surface area contributed by atoms with Crippen LogP contribution in [-0.2, 0) is 13.7 Å². The second kappa shape index (κ2) is 5.85. The minimum atomic E-state index is -0.0584. The van der Waals surface area contributed by atoms with Crippen molar-refractivity contribution in [2.45, 2.75) is 13.5 Å². The number of benzene rings is 1. The van der Waals surface area contributed by atoms with Crippen LogP contribution in [0.3, 0.4) is 0 Å². The van der Waals surface area contributed by atoms with Crippen molar-refractivity contribution < 1.29 is 4.74 Å². The second-order valence-corrected chi connectivity index (χ2v) is 5.54. The summed E-state index contributed by atoms with van der Waals surface area (Å²) >= 11 is 9.43. The maximum absolute atomic E-state index is 7.55. The van der Waals surface area contributed by atoms with Gasteiger partial charge in [-0.1, -0.05) is 11.6 Å². The van der Waals surface area contributed by atoms with E-state index in [4.69, 9.17) is 27.5 Å². The van der Waals surface area contributed by atoms with Gasteiger partial charge in [-0.25, -0.2) is 0 Å². The molecule has 0 aliphatic carbocycles. The fraction of sp³-hybridized carbons (Fsp3) is 0.231. The first-order valence-corrected chi connectivity index (χ1v) is 7.02. The highest BCUT2D eigenvalue weighted by Crippen LogP contribution is 2.26. The Morgan fingerprint density at radius 2 is 2.25 bits per heavy atom. The van der Waals surface area contributed by atoms with Crippen LogP contribution in [0.4, 0.5) is 0 Å². The first-order chi connectivity index (χ1) is 9.40. The molecule has 0 aliphatic heterocycles. The highest BCUT2D eigenvalue weighted by atomic mass is 79.9. The molecule has 0 unspecified atom stereocenters. The SMILES string of the molecule is Cc1nn(C)c(COc2cc(Cl)ccc2C(=N)N)c1Br. The minimum Gasteiger partial charge on any atom is -0.486 e. The number of aromatic nitrogens is 2. The molecule has 2 rings (SSSR count). The van der Waals surface area contributed by atoms with Crippen molar-refractivity contribution in [2.24, 2.45) is 12.8 Å². The molecule has 1 heterocycles. The molecule has 0 amide bonds. The molecule has 3 N–H and O–H groups in total. The van der Waals surface area contributed by atoms with Gasteiger partial charge in [0.1, 0.15) is 18.2 Å². The molecule has 1 aromatic heterocycles. The van der Waals surface area contributed by atoms with E-state index in [9.17, 15) is 0 Å². The van der Waals surface area contributed by atoms with Gasteiger partial charge in [-0.05, 0) is 41.1 Å². The molecule has 0 spiro atoms. The molecule has 0 atom stereocenters. The quantitative estimate of drug-likeness (QED) is 0.652. The molecular weight excluding hydrogens is 344 g/mol. The van der Waals surface area contributed by atoms with Crippen LogP contribution in [0.2, 0.25) is 5.02 Å². The fourth-order valence-electron chi connectivity index (χ4n) is 1.82. The molecule has 0 saturated carbocycles. The maximum atomic E-state index is 7.55. The van der Waals surface area contributed by atoms with Gasteiger partial charge in [0.2, 0.25) is 0 Å². The first kappa shape index (κ1) is 14.9. The minimum absolute atomic E-state index is 0.0584. The smallest absolute Gasteiger partial charge is 0.132 e. The third-order valence-corrected chi connectivity index (χ3v) is 4.13. The van der Waals surface area contributed by atoms with Gasteiger partial charge >= 0.3 is 0 Å². The summed E-state index contributed by atoms with van der Waals surface area (Å²) in [5, 5.41) is 12.4. The van der Waals surface area contributed by atoms with E-state index in [1.54, 1.807) is 22.9 Å². The van der Waals surface area contributed by atoms with Crippen molar-refractivity contribution in [1.29, 1.82) is 5.41 Å². The third kappa shape index (κ3) is 2.96. The summed E-state index contributed by atoms with van der Waals surface area (Å²) in [6.07, 6.45) is 0. The normalized spacial score (nSPS) is 10.6. The predicted octanol–water partition coefficient (Wildman–Crippen LogP) is 3.01. The lowest BCUT2D eigenvalue weighted by molar-refractivity contribution is 0.293. The molecule has 0 fully saturated rings. The zero-order valence-corrected chi connectivity index (χ0v) is 13.4. The zero-order valence-electron chi connectivity index (χ0n) is 11.1. The number of amidine groups is 1. The summed E-state index contributed by atoms with van der Waals surface area (Å²) in [5.74, 6) is 0.424. The number of nitrogens with zero attached hydrogens (tertiary/aromatic N) is 2. The molecule has 7 heteroatoms. The molecule has 20 heavy (non-hydrogen) atoms. The molecule has 0 saturated heterocycles. The Bertz CT molecular complexity index is 669. The van der Waals surface area contributed by atoms with Crippen LogP contribution < -0.4 is 10.5 Å². The Morgan fingerprint density at radius 1 is 1.55 bits per heavy atom. The number of nitrogens with one attached hydrogen (secondary N) is 1. The van der Waals surface area contributed by atoms with E-state index in [-0.39, 0.29) is 5.84 Å². The van der Waals surface area contributed by atoms with Crippen LogP contribution in [0.25, 0.3) is 0 Å². The highest BCUT2D eigenvalue weighted by Gasteiger charge is 2.13. The van der Waals surface area contributed by atoms with Gasteiger partial charge in [0.25, 0.3) is 0 Å². The average Bonchev–Trinajstić information content (AvgIpc) is 2.61. The number of rotatable bonds is 4. The van der Waals surface area contributed by atoms with E-state index in [1.165, 1.54) is 0 Å². The third-order valence-electron chi connectivity index (χ3n) is 2.86. The number of hydrogen-bond acceptors (Lipinski definition) is 3. The Balaban J connectivity index is 2.27. The van der Waals surface area contributed by atoms with Crippen molar-refractivity contribution in [2.75, 3.05) is 0 Å². The molecule has 0 bridgehead atoms. The molecule has 2 aromatic rings. The van der Waals surface area contributed by atoms with Gasteiger partial charge in [-0.2, -0.15) is 5.10 Å². The Labute approximate surface area is 130 Å². The van der Waals surface area contributed by atoms with Crippen LogP contribution in [0.1, 0.15) is 17.0 Å². The van der Waals surface area contributed by atoms with E-state index in [0.29, 0.717) is 22.9 Å². The number of hydrogen-bond donors (Lipinski definition) is 2. The lowest BCUT2D eigenvalue weighted by atomic mass is 10.2. The maximum Gasteiger partial charge on any atom is 0.132 e. The summed E-state index contributed by atoms with van der Waals surface area (Å²) in [6, 6.07) is 4.99. The zero-order chi connectivity index (χ0) is 14.9. The summed E-state index contributed by atoms with van der Waals surface area (Å²) < 4.78 is 8.40. The lowest BCUT2D eigenvalue weighted by Gasteiger charge is -2.11. The largest absolute Gasteiger partial charge is 0.486 e. The van der Waals surface area contributed by atoms with Crippen LogP contribution >= 0.6 is 27.5 Å². The summed E-state index contributed by atoms with van der Waals surface area (Å²) in [7, 11) is 1.85. The van der Waals surface area contributed by atoms with Crippen LogP contribution in [0.5, 0.6) is 5.75 Å². The van der Waals surface area contributed by atoms with Crippen molar-refractivity contribution in [1.82, 2.24) is 9.78 Å². The molecule has 0 aliphatic rings. The number of nitrogen functional groups attached to an aromatic ring is 1. The van der Waals surface area contributed by atoms with Crippen molar-refractivity contribution in [3.63, 3.8) is 0 Å². The van der Waals surface area contributed by atoms with Gasteiger partial charge in [0.05, 0.1) is 21.4 Å². The topological polar surface area (TPSA) is 76.9 Å². The number of halogens is 2. The molecule has 5 nitrogen and oxygen atoms in total. The van der Waals surface area contributed by atoms with E-state index in [0.717, 1.165) is 15.9 Å². The van der Waals surface area contributed by atoms with E-state index < -0.39 is 0 Å². The van der Waals surface area contributed by atoms with Gasteiger partial charge in [0.15, 0.2) is 0 Å². The molecule has 0 radical (unpaired) electrons. The highest BCUT2D eigenvalue weighted by molar-refractivity contribution is 9.10. The fourth-order valence-corrected chi connectivity index (χ4v) is 2.43. The van der Waals surface area contributed by atoms with E-state index in [1.807, 2.05) is 14.0 Å². The van der Waals surface area contributed by atoms with E-state index in [2.05, 4.69) is 21.0 Å². The molecular formula is C13H14BrClN4O. The lowest BCUT2D eigenvalue weighted by Crippen LogP contribution is -2.13. The van der Waals surface area contributed by atoms with Crippen molar-refractivity contribution in [3.8, 4) is 5.75 Å². The monoisotopic (exact) mass is 356 g/mol. The first-order valence-electron chi connectivity index (χ1n) is 5.85. The van der Waals surface area contributed by atoms with Crippen LogP contribution in [0.15, 0.2) is 22.7 Å². The number of ether oxygens (including phenoxy) is 1. The van der Waals surface area contributed by atoms with Gasteiger partial charge in [0, 0.05) is 12.1 Å². The molecule has 1 aromatic carbocycles. The van der Waals surface area contributed by atoms with Crippen LogP contribution in [-0.4, -0.2) is 15.6 Å². The standard InChI is InChI=1S/C13H14BrClN4O/c1-7-12(14)10(19(2)18-7)6-20-11-5-8(15)3-4-9(11)13(16)17/h3-5H,6H2,1-2H3,(H3,16,17). The van der Waals surface area contributed by atoms with Crippen molar-refractivity contribution >= 4 is 33.4 Å². The summed E-state index contributed by atoms with van der Waals surface area (Å²) in [6.45, 7) is 2.21. The number of aryl methyl sites for hydroxylation is 2. The van der Waals surface area contributed by atoms with Gasteiger partial charge < -0.3 is 10.5 Å². The Kier molecular flexibility index (Phi) is 4.35. The number of nitrogens with two attached hydrogens (primary N) is 1.